The number of hydrogen-bond acceptors (Lipinski definition) is 4. The van der Waals surface area contributed by atoms with Crippen LogP contribution in [-0.2, 0) is 4.74 Å². The van der Waals surface area contributed by atoms with Gasteiger partial charge in [0, 0.05) is 49.5 Å². The Hall–Kier alpha value is -2.74. The van der Waals surface area contributed by atoms with Gasteiger partial charge in [-0.05, 0) is 93.4 Å². The summed E-state index contributed by atoms with van der Waals surface area (Å²) in [5.74, 6) is 0. The number of ether oxygens (including phenoxy) is 1. The fourth-order valence-electron chi connectivity index (χ4n) is 5.84. The van der Waals surface area contributed by atoms with Crippen molar-refractivity contribution in [2.24, 2.45) is 0 Å². The number of aryl methyl sites for hydroxylation is 3. The average Bonchev–Trinajstić information content (AvgIpc) is 3.34. The summed E-state index contributed by atoms with van der Waals surface area (Å²) < 4.78 is 7.91. The predicted molar refractivity (Wildman–Crippen MR) is 149 cm³/mol. The van der Waals surface area contributed by atoms with Gasteiger partial charge in [-0.15, -0.1) is 0 Å². The van der Waals surface area contributed by atoms with Crippen LogP contribution in [0.4, 0.5) is 0 Å². The van der Waals surface area contributed by atoms with E-state index in [1.54, 1.807) is 0 Å². The first-order chi connectivity index (χ1) is 17.4. The van der Waals surface area contributed by atoms with Crippen molar-refractivity contribution < 1.29 is 4.74 Å². The van der Waals surface area contributed by atoms with Gasteiger partial charge in [-0.25, -0.2) is 0 Å². The van der Waals surface area contributed by atoms with E-state index >= 15 is 0 Å². The highest BCUT2D eigenvalue weighted by Gasteiger charge is 2.41. The second-order valence-electron chi connectivity index (χ2n) is 10.1. The van der Waals surface area contributed by atoms with Crippen LogP contribution in [0.5, 0.6) is 0 Å². The summed E-state index contributed by atoms with van der Waals surface area (Å²) in [7, 11) is 0. The molecule has 0 aliphatic carbocycles. The highest BCUT2D eigenvalue weighted by atomic mass is 32.1. The van der Waals surface area contributed by atoms with Crippen molar-refractivity contribution in [3.05, 3.63) is 82.4 Å². The quantitative estimate of drug-likeness (QED) is 0.468. The Labute approximate surface area is 220 Å². The summed E-state index contributed by atoms with van der Waals surface area (Å²) in [6, 6.07) is 15.3. The maximum Gasteiger partial charge on any atom is 0.170 e. The van der Waals surface area contributed by atoms with Crippen molar-refractivity contribution in [3.8, 4) is 5.69 Å². The maximum atomic E-state index is 5.92. The minimum atomic E-state index is 0.00952. The van der Waals surface area contributed by atoms with Crippen LogP contribution in [0.25, 0.3) is 5.69 Å². The summed E-state index contributed by atoms with van der Waals surface area (Å²) in [5.41, 5.74) is 8.59. The van der Waals surface area contributed by atoms with Crippen LogP contribution in [0.2, 0.25) is 0 Å². The van der Waals surface area contributed by atoms with Gasteiger partial charge >= 0.3 is 0 Å². The molecular weight excluding hydrogens is 466 g/mol. The Morgan fingerprint density at radius 2 is 1.75 bits per heavy atom. The summed E-state index contributed by atoms with van der Waals surface area (Å²) in [5, 5.41) is 4.44. The fourth-order valence-corrected chi connectivity index (χ4v) is 6.17. The van der Waals surface area contributed by atoms with E-state index in [9.17, 15) is 0 Å². The van der Waals surface area contributed by atoms with Crippen LogP contribution in [0.3, 0.4) is 0 Å². The topological polar surface area (TPSA) is 45.6 Å². The van der Waals surface area contributed by atoms with Gasteiger partial charge in [-0.3, -0.25) is 9.88 Å². The van der Waals surface area contributed by atoms with E-state index in [1.807, 2.05) is 12.3 Å². The molecule has 2 aliphatic rings. The zero-order valence-electron chi connectivity index (χ0n) is 21.8. The second kappa shape index (κ2) is 10.7. The van der Waals surface area contributed by atoms with E-state index < -0.39 is 0 Å². The van der Waals surface area contributed by atoms with Gasteiger partial charge in [-0.2, -0.15) is 0 Å². The average molecular weight is 504 g/mol. The van der Waals surface area contributed by atoms with Crippen LogP contribution < -0.4 is 5.32 Å². The summed E-state index contributed by atoms with van der Waals surface area (Å²) >= 11 is 5.92. The summed E-state index contributed by atoms with van der Waals surface area (Å²) in [6.45, 7) is 14.4. The van der Waals surface area contributed by atoms with Crippen LogP contribution in [0.15, 0.2) is 48.7 Å². The van der Waals surface area contributed by atoms with Crippen LogP contribution in [-0.4, -0.2) is 63.9 Å². The van der Waals surface area contributed by atoms with E-state index in [0.29, 0.717) is 0 Å². The van der Waals surface area contributed by atoms with Crippen molar-refractivity contribution in [2.45, 2.75) is 46.2 Å². The molecule has 36 heavy (non-hydrogen) atoms. The SMILES string of the molecule is Cc1cc(C)cc(-n2c(C)cc([C@H]3[C@H](c4ccccn4)NC(=S)N3CCCN3CCOCC3)c2C)c1. The summed E-state index contributed by atoms with van der Waals surface area (Å²) in [4.78, 5) is 9.61. The van der Waals surface area contributed by atoms with Gasteiger partial charge < -0.3 is 19.5 Å². The molecule has 5 rings (SSSR count). The molecule has 2 fully saturated rings. The Morgan fingerprint density at radius 1 is 1.00 bits per heavy atom. The first-order valence-electron chi connectivity index (χ1n) is 13.0. The first kappa shape index (κ1) is 24.9. The van der Waals surface area contributed by atoms with Gasteiger partial charge in [-0.1, -0.05) is 12.1 Å². The molecule has 0 spiro atoms. The molecule has 2 atom stereocenters. The van der Waals surface area contributed by atoms with Crippen molar-refractivity contribution in [2.75, 3.05) is 39.4 Å². The number of rotatable bonds is 7. The lowest BCUT2D eigenvalue weighted by atomic mass is 9.96. The van der Waals surface area contributed by atoms with Crippen molar-refractivity contribution >= 4 is 17.3 Å². The molecule has 2 aromatic heterocycles. The smallest absolute Gasteiger partial charge is 0.170 e. The molecule has 1 aromatic carbocycles. The van der Waals surface area contributed by atoms with Crippen molar-refractivity contribution in [1.82, 2.24) is 24.7 Å². The van der Waals surface area contributed by atoms with Crippen molar-refractivity contribution in [3.63, 3.8) is 0 Å². The number of pyridine rings is 1. The lowest BCUT2D eigenvalue weighted by Gasteiger charge is -2.30. The molecule has 3 aromatic rings. The molecule has 2 aliphatic heterocycles. The number of hydrogen-bond donors (Lipinski definition) is 1. The van der Waals surface area contributed by atoms with Crippen LogP contribution in [0.1, 0.15) is 52.3 Å². The normalized spacial score (nSPS) is 20.7. The molecule has 1 N–H and O–H groups in total. The zero-order chi connectivity index (χ0) is 25.2. The fraction of sp³-hybridized carbons (Fsp3) is 0.448. The molecule has 190 valence electrons. The molecule has 6 nitrogen and oxygen atoms in total. The molecule has 7 heteroatoms. The molecule has 4 heterocycles. The molecule has 0 unspecified atom stereocenters. The van der Waals surface area contributed by atoms with E-state index in [0.717, 1.165) is 56.6 Å². The number of aromatic nitrogens is 2. The third-order valence-electron chi connectivity index (χ3n) is 7.43. The Bertz CT molecular complexity index is 1200. The molecule has 0 bridgehead atoms. The van der Waals surface area contributed by atoms with Gasteiger partial charge in [0.1, 0.15) is 0 Å². The Balaban J connectivity index is 1.49. The van der Waals surface area contributed by atoms with Crippen LogP contribution >= 0.6 is 12.2 Å². The first-order valence-corrected chi connectivity index (χ1v) is 13.4. The van der Waals surface area contributed by atoms with E-state index in [1.165, 1.54) is 33.8 Å². The van der Waals surface area contributed by atoms with Gasteiger partial charge in [0.05, 0.1) is 31.0 Å². The number of thiocarbonyl (C=S) groups is 1. The molecule has 2 saturated heterocycles. The van der Waals surface area contributed by atoms with Crippen LogP contribution in [0, 0.1) is 27.7 Å². The monoisotopic (exact) mass is 503 g/mol. The summed E-state index contributed by atoms with van der Waals surface area (Å²) in [6.07, 6.45) is 2.93. The molecule has 0 amide bonds. The van der Waals surface area contributed by atoms with Crippen molar-refractivity contribution in [1.29, 1.82) is 0 Å². The maximum absolute atomic E-state index is 5.92. The third kappa shape index (κ3) is 5.05. The number of benzene rings is 1. The van der Waals surface area contributed by atoms with Gasteiger partial charge in [0.2, 0.25) is 0 Å². The third-order valence-corrected chi connectivity index (χ3v) is 7.78. The molecule has 0 radical (unpaired) electrons. The van der Waals surface area contributed by atoms with E-state index in [4.69, 9.17) is 21.9 Å². The molecule has 0 saturated carbocycles. The second-order valence-corrected chi connectivity index (χ2v) is 10.5. The van der Waals surface area contributed by atoms with E-state index in [-0.39, 0.29) is 12.1 Å². The van der Waals surface area contributed by atoms with E-state index in [2.05, 4.69) is 83.8 Å². The lowest BCUT2D eigenvalue weighted by Crippen LogP contribution is -2.39. The van der Waals surface area contributed by atoms with Gasteiger partial charge in [0.25, 0.3) is 0 Å². The minimum absolute atomic E-state index is 0.00952. The largest absolute Gasteiger partial charge is 0.379 e. The number of nitrogens with one attached hydrogen (secondary N) is 1. The molecular formula is C29H37N5OS. The zero-order valence-corrected chi connectivity index (χ0v) is 22.6. The Kier molecular flexibility index (Phi) is 7.42. The predicted octanol–water partition coefficient (Wildman–Crippen LogP) is 4.80. The highest BCUT2D eigenvalue weighted by molar-refractivity contribution is 7.80. The number of nitrogens with zero attached hydrogens (tertiary/aromatic N) is 4. The Morgan fingerprint density at radius 3 is 2.44 bits per heavy atom. The standard InChI is InChI=1S/C29H37N5OS/c1-20-16-21(2)18-24(17-20)34-22(3)19-25(23(34)4)28-27(26-8-5-6-9-30-26)31-29(36)33(28)11-7-10-32-12-14-35-15-13-32/h5-6,8-9,16-19,27-28H,7,10-15H2,1-4H3,(H,31,36)/t27-,28-/m0/s1. The number of morpholine rings is 1. The van der Waals surface area contributed by atoms with Gasteiger partial charge in [0.15, 0.2) is 5.11 Å². The highest BCUT2D eigenvalue weighted by Crippen LogP contribution is 2.41. The lowest BCUT2D eigenvalue weighted by molar-refractivity contribution is 0.0365. The minimum Gasteiger partial charge on any atom is -0.379 e.